The highest BCUT2D eigenvalue weighted by molar-refractivity contribution is 7.93. The van der Waals surface area contributed by atoms with Crippen LogP contribution in [0.15, 0.2) is 60.8 Å². The van der Waals surface area contributed by atoms with E-state index in [1.807, 2.05) is 55.5 Å². The number of sulfonamides is 1. The average Bonchev–Trinajstić information content (AvgIpc) is 3.39. The molecule has 0 aliphatic rings. The number of benzene rings is 2. The normalized spacial score (nSPS) is 11.9. The van der Waals surface area contributed by atoms with Gasteiger partial charge in [0.2, 0.25) is 5.82 Å². The molecule has 36 heavy (non-hydrogen) atoms. The van der Waals surface area contributed by atoms with Crippen LogP contribution in [0.25, 0.3) is 22.5 Å². The molecule has 0 amide bonds. The third kappa shape index (κ3) is 5.43. The maximum Gasteiger partial charge on any atom is 0.516 e. The van der Waals surface area contributed by atoms with Crippen LogP contribution in [0.2, 0.25) is 0 Å². The predicted octanol–water partition coefficient (Wildman–Crippen LogP) is 4.00. The number of nitrogens with zero attached hydrogens (tertiary/aromatic N) is 6. The van der Waals surface area contributed by atoms with Crippen molar-refractivity contribution >= 4 is 21.5 Å². The summed E-state index contributed by atoms with van der Waals surface area (Å²) >= 11 is 0. The number of nitrogens with one attached hydrogen (secondary N) is 2. The Bertz CT molecular complexity index is 1410. The molecule has 2 N–H and O–H groups in total. The molecule has 0 fully saturated rings. The molecule has 0 saturated heterocycles. The van der Waals surface area contributed by atoms with E-state index < -0.39 is 15.5 Å². The minimum atomic E-state index is -5.61. The van der Waals surface area contributed by atoms with E-state index in [-0.39, 0.29) is 18.1 Å². The Kier molecular flexibility index (Phi) is 7.15. The van der Waals surface area contributed by atoms with Gasteiger partial charge in [0.15, 0.2) is 5.82 Å². The van der Waals surface area contributed by atoms with E-state index >= 15 is 0 Å². The van der Waals surface area contributed by atoms with Gasteiger partial charge in [0.1, 0.15) is 0 Å². The van der Waals surface area contributed by atoms with Gasteiger partial charge in [-0.15, -0.1) is 15.3 Å². The predicted molar refractivity (Wildman–Crippen MR) is 127 cm³/mol. The van der Waals surface area contributed by atoms with Crippen LogP contribution in [0.5, 0.6) is 0 Å². The minimum Gasteiger partial charge on any atom is -0.349 e. The van der Waals surface area contributed by atoms with Crippen molar-refractivity contribution in [2.24, 2.45) is 0 Å². The van der Waals surface area contributed by atoms with Crippen molar-refractivity contribution in [3.63, 3.8) is 0 Å². The monoisotopic (exact) mass is 518 g/mol. The minimum absolute atomic E-state index is 0.00120. The molecule has 188 valence electrons. The maximum absolute atomic E-state index is 12.9. The van der Waals surface area contributed by atoms with Crippen molar-refractivity contribution in [2.75, 3.05) is 16.2 Å². The first-order valence-corrected chi connectivity index (χ1v) is 12.3. The van der Waals surface area contributed by atoms with Gasteiger partial charge in [0.25, 0.3) is 0 Å². The number of hydrogen-bond donors (Lipinski definition) is 2. The van der Waals surface area contributed by atoms with Gasteiger partial charge in [-0.25, -0.2) is 0 Å². The zero-order chi connectivity index (χ0) is 25.8. The molecule has 0 aliphatic heterocycles. The molecule has 2 aromatic carbocycles. The van der Waals surface area contributed by atoms with Crippen LogP contribution in [0.1, 0.15) is 18.9 Å². The van der Waals surface area contributed by atoms with E-state index in [0.29, 0.717) is 18.8 Å². The highest BCUT2D eigenvalue weighted by Crippen LogP contribution is 2.32. The molecule has 0 unspecified atom stereocenters. The molecule has 0 radical (unpaired) electrons. The molecule has 0 bridgehead atoms. The number of anilines is 2. The van der Waals surface area contributed by atoms with Gasteiger partial charge in [-0.1, -0.05) is 55.5 Å². The van der Waals surface area contributed by atoms with Crippen LogP contribution in [0.3, 0.4) is 0 Å². The molecule has 0 saturated carbocycles. The summed E-state index contributed by atoms with van der Waals surface area (Å²) in [6, 6.07) is 16.3. The van der Waals surface area contributed by atoms with Crippen molar-refractivity contribution in [2.45, 2.75) is 25.4 Å². The number of H-pyrrole nitrogens is 1. The molecular formula is C22H21F3N8O2S. The van der Waals surface area contributed by atoms with E-state index in [2.05, 4.69) is 30.8 Å². The Morgan fingerprint density at radius 3 is 2.36 bits per heavy atom. The fourth-order valence-electron chi connectivity index (χ4n) is 3.59. The molecule has 4 aromatic rings. The molecular weight excluding hydrogens is 497 g/mol. The molecule has 10 nitrogen and oxygen atoms in total. The zero-order valence-corrected chi connectivity index (χ0v) is 19.8. The molecule has 0 aliphatic carbocycles. The lowest BCUT2D eigenvalue weighted by molar-refractivity contribution is -0.0429. The lowest BCUT2D eigenvalue weighted by Gasteiger charge is -2.25. The second kappa shape index (κ2) is 10.3. The fraction of sp³-hybridized carbons (Fsp3) is 0.227. The Balaban J connectivity index is 1.60. The first-order valence-electron chi connectivity index (χ1n) is 10.8. The Morgan fingerprint density at radius 1 is 1.00 bits per heavy atom. The molecule has 2 heterocycles. The Morgan fingerprint density at radius 2 is 1.72 bits per heavy atom. The number of hydrogen-bond acceptors (Lipinski definition) is 8. The summed E-state index contributed by atoms with van der Waals surface area (Å²) in [7, 11) is -5.61. The van der Waals surface area contributed by atoms with Crippen LogP contribution in [-0.2, 0) is 16.6 Å². The lowest BCUT2D eigenvalue weighted by atomic mass is 9.98. The van der Waals surface area contributed by atoms with E-state index in [1.165, 1.54) is 0 Å². The Labute approximate surface area is 204 Å². The third-order valence-electron chi connectivity index (χ3n) is 5.20. The lowest BCUT2D eigenvalue weighted by Crippen LogP contribution is -2.32. The quantitative estimate of drug-likeness (QED) is 0.340. The second-order valence-corrected chi connectivity index (χ2v) is 9.39. The summed E-state index contributed by atoms with van der Waals surface area (Å²) in [5.74, 6) is 0.457. The molecule has 2 aromatic heterocycles. The number of halogens is 3. The van der Waals surface area contributed by atoms with Crippen LogP contribution in [0.4, 0.5) is 24.7 Å². The third-order valence-corrected chi connectivity index (χ3v) is 6.29. The highest BCUT2D eigenvalue weighted by atomic mass is 32.2. The molecule has 14 heteroatoms. The van der Waals surface area contributed by atoms with Crippen LogP contribution < -0.4 is 9.62 Å². The smallest absolute Gasteiger partial charge is 0.349 e. The zero-order valence-electron chi connectivity index (χ0n) is 18.9. The standard InChI is InChI=1S/C22H21F3N8O2S/c1-2-13-33(21-19(11-12-26-29-21)30-36(34,35)22(23,24)25)14-15-7-9-16(10-8-15)17-5-3-4-6-18(17)20-27-31-32-28-20/h3-12H,2,13-14H2,1H3,(H,26,30)(H,27,28,31,32). The summed E-state index contributed by atoms with van der Waals surface area (Å²) < 4.78 is 63.7. The van der Waals surface area contributed by atoms with Gasteiger partial charge >= 0.3 is 15.5 Å². The average molecular weight is 519 g/mol. The van der Waals surface area contributed by atoms with Gasteiger partial charge in [-0.2, -0.15) is 31.9 Å². The fourth-order valence-corrected chi connectivity index (χ4v) is 4.15. The van der Waals surface area contributed by atoms with Crippen molar-refractivity contribution in [3.05, 3.63) is 66.4 Å². The van der Waals surface area contributed by atoms with Crippen molar-refractivity contribution in [1.82, 2.24) is 30.8 Å². The van der Waals surface area contributed by atoms with Crippen molar-refractivity contribution in [1.29, 1.82) is 0 Å². The molecule has 4 rings (SSSR count). The SMILES string of the molecule is CCCN(Cc1ccc(-c2ccccc2-c2nn[nH]n2)cc1)c1nnccc1NS(=O)(=O)C(F)(F)F. The van der Waals surface area contributed by atoms with E-state index in [0.717, 1.165) is 34.5 Å². The number of rotatable bonds is 9. The van der Waals surface area contributed by atoms with Gasteiger partial charge < -0.3 is 4.90 Å². The number of tetrazole rings is 1. The highest BCUT2D eigenvalue weighted by Gasteiger charge is 2.46. The van der Waals surface area contributed by atoms with Gasteiger partial charge in [0, 0.05) is 18.7 Å². The first kappa shape index (κ1) is 25.0. The summed E-state index contributed by atoms with van der Waals surface area (Å²) in [6.45, 7) is 2.56. The maximum atomic E-state index is 12.9. The summed E-state index contributed by atoms with van der Waals surface area (Å²) in [6.07, 6.45) is 1.76. The topological polar surface area (TPSA) is 130 Å². The summed E-state index contributed by atoms with van der Waals surface area (Å²) in [5, 5.41) is 21.8. The number of aromatic nitrogens is 6. The molecule has 0 spiro atoms. The van der Waals surface area contributed by atoms with E-state index in [4.69, 9.17) is 0 Å². The van der Waals surface area contributed by atoms with Gasteiger partial charge in [0.05, 0.1) is 11.9 Å². The Hall–Kier alpha value is -4.07. The van der Waals surface area contributed by atoms with Gasteiger partial charge in [-0.05, 0) is 34.4 Å². The van der Waals surface area contributed by atoms with Crippen LogP contribution >= 0.6 is 0 Å². The van der Waals surface area contributed by atoms with Gasteiger partial charge in [-0.3, -0.25) is 4.72 Å². The second-order valence-electron chi connectivity index (χ2n) is 7.72. The van der Waals surface area contributed by atoms with E-state index in [9.17, 15) is 21.6 Å². The van der Waals surface area contributed by atoms with Crippen molar-refractivity contribution in [3.8, 4) is 22.5 Å². The number of alkyl halides is 3. The van der Waals surface area contributed by atoms with Crippen molar-refractivity contribution < 1.29 is 21.6 Å². The summed E-state index contributed by atoms with van der Waals surface area (Å²) in [4.78, 5) is 1.67. The van der Waals surface area contributed by atoms with Crippen LogP contribution in [-0.4, -0.2) is 51.3 Å². The van der Waals surface area contributed by atoms with Crippen LogP contribution in [0, 0.1) is 0 Å². The van der Waals surface area contributed by atoms with E-state index in [1.54, 1.807) is 9.62 Å². The molecule has 0 atom stereocenters. The number of aromatic amines is 1. The largest absolute Gasteiger partial charge is 0.516 e. The summed E-state index contributed by atoms with van der Waals surface area (Å²) in [5.41, 5.74) is -2.34. The first-order chi connectivity index (χ1) is 17.2.